The number of aliphatic imine (C=N–C) groups is 1. The van der Waals surface area contributed by atoms with E-state index >= 15 is 0 Å². The Kier molecular flexibility index (Phi) is 12.1. The molecule has 1 aromatic carbocycles. The zero-order chi connectivity index (χ0) is 22.1. The first-order valence-corrected chi connectivity index (χ1v) is 11.9. The van der Waals surface area contributed by atoms with Crippen LogP contribution in [0.4, 0.5) is 0 Å². The predicted molar refractivity (Wildman–Crippen MR) is 142 cm³/mol. The van der Waals surface area contributed by atoms with Crippen LogP contribution in [-0.4, -0.2) is 86.9 Å². The molecule has 0 bridgehead atoms. The second-order valence-electron chi connectivity index (χ2n) is 8.92. The van der Waals surface area contributed by atoms with Gasteiger partial charge in [-0.1, -0.05) is 19.1 Å². The number of nitrogens with one attached hydrogen (secondary N) is 2. The van der Waals surface area contributed by atoms with Crippen molar-refractivity contribution >= 4 is 29.9 Å². The van der Waals surface area contributed by atoms with Gasteiger partial charge in [-0.3, -0.25) is 9.80 Å². The van der Waals surface area contributed by atoms with E-state index < -0.39 is 0 Å². The summed E-state index contributed by atoms with van der Waals surface area (Å²) in [5, 5.41) is 7.06. The Hall–Kier alpha value is -1.10. The van der Waals surface area contributed by atoms with Crippen LogP contribution >= 0.6 is 24.0 Å². The monoisotopic (exact) mass is 559 g/mol. The van der Waals surface area contributed by atoms with Crippen molar-refractivity contribution < 1.29 is 9.47 Å². The largest absolute Gasteiger partial charge is 0.492 e. The van der Waals surface area contributed by atoms with Gasteiger partial charge in [0.15, 0.2) is 5.96 Å². The van der Waals surface area contributed by atoms with E-state index in [-0.39, 0.29) is 24.0 Å². The zero-order valence-corrected chi connectivity index (χ0v) is 22.5. The molecule has 1 aromatic rings. The molecule has 0 aliphatic carbocycles. The Morgan fingerprint density at radius 1 is 1.25 bits per heavy atom. The SMILES string of the molecule is CCNC(=NCc1cccc(OCCN2CCOCC2)c1)NC1CN(C(C)C)CC1C.I. The third-order valence-corrected chi connectivity index (χ3v) is 6.14. The second-order valence-corrected chi connectivity index (χ2v) is 8.92. The molecule has 0 saturated carbocycles. The normalized spacial score (nSPS) is 22.6. The van der Waals surface area contributed by atoms with Crippen molar-refractivity contribution in [3.63, 3.8) is 0 Å². The Morgan fingerprint density at radius 2 is 2.03 bits per heavy atom. The van der Waals surface area contributed by atoms with Crippen LogP contribution in [0.15, 0.2) is 29.3 Å². The number of morpholine rings is 1. The van der Waals surface area contributed by atoms with E-state index in [9.17, 15) is 0 Å². The number of ether oxygens (including phenoxy) is 2. The van der Waals surface area contributed by atoms with Crippen molar-refractivity contribution in [2.45, 2.75) is 46.3 Å². The van der Waals surface area contributed by atoms with E-state index in [2.05, 4.69) is 66.3 Å². The highest BCUT2D eigenvalue weighted by Crippen LogP contribution is 2.19. The van der Waals surface area contributed by atoms with Crippen molar-refractivity contribution in [2.75, 3.05) is 59.1 Å². The second kappa shape index (κ2) is 14.2. The summed E-state index contributed by atoms with van der Waals surface area (Å²) >= 11 is 0. The molecule has 7 nitrogen and oxygen atoms in total. The Balaban J connectivity index is 0.00000363. The highest BCUT2D eigenvalue weighted by atomic mass is 127. The smallest absolute Gasteiger partial charge is 0.191 e. The van der Waals surface area contributed by atoms with E-state index in [1.165, 1.54) is 0 Å². The number of hydrogen-bond acceptors (Lipinski definition) is 5. The average Bonchev–Trinajstić information content (AvgIpc) is 3.14. The van der Waals surface area contributed by atoms with Crippen LogP contribution in [0, 0.1) is 5.92 Å². The van der Waals surface area contributed by atoms with Crippen LogP contribution in [0.25, 0.3) is 0 Å². The molecule has 2 aliphatic rings. The molecule has 2 N–H and O–H groups in total. The lowest BCUT2D eigenvalue weighted by molar-refractivity contribution is 0.0322. The zero-order valence-electron chi connectivity index (χ0n) is 20.2. The van der Waals surface area contributed by atoms with E-state index in [1.807, 2.05) is 6.07 Å². The molecule has 0 radical (unpaired) electrons. The maximum absolute atomic E-state index is 5.99. The number of benzene rings is 1. The summed E-state index contributed by atoms with van der Waals surface area (Å²) < 4.78 is 11.4. The summed E-state index contributed by atoms with van der Waals surface area (Å²) in [5.41, 5.74) is 1.16. The van der Waals surface area contributed by atoms with E-state index in [0.29, 0.717) is 31.2 Å². The summed E-state index contributed by atoms with van der Waals surface area (Å²) in [7, 11) is 0. The molecule has 2 unspecified atom stereocenters. The van der Waals surface area contributed by atoms with E-state index in [1.54, 1.807) is 0 Å². The van der Waals surface area contributed by atoms with Gasteiger partial charge in [-0.05, 0) is 44.4 Å². The minimum atomic E-state index is 0. The Morgan fingerprint density at radius 3 is 2.72 bits per heavy atom. The van der Waals surface area contributed by atoms with Crippen LogP contribution in [0.3, 0.4) is 0 Å². The highest BCUT2D eigenvalue weighted by molar-refractivity contribution is 14.0. The number of nitrogens with zero attached hydrogens (tertiary/aromatic N) is 3. The van der Waals surface area contributed by atoms with Crippen LogP contribution in [-0.2, 0) is 11.3 Å². The average molecular weight is 560 g/mol. The minimum absolute atomic E-state index is 0. The van der Waals surface area contributed by atoms with Crippen LogP contribution in [0.1, 0.15) is 33.3 Å². The standard InChI is InChI=1S/C24H41N5O2.HI/c1-5-25-24(27-23-18-29(19(2)3)17-20(23)4)26-16-21-7-6-8-22(15-21)31-14-11-28-9-12-30-13-10-28;/h6-8,15,19-20,23H,5,9-14,16-18H2,1-4H3,(H2,25,26,27);1H. The van der Waals surface area contributed by atoms with Gasteiger partial charge in [0.05, 0.1) is 19.8 Å². The van der Waals surface area contributed by atoms with Crippen LogP contribution in [0.5, 0.6) is 5.75 Å². The van der Waals surface area contributed by atoms with Crippen molar-refractivity contribution in [3.05, 3.63) is 29.8 Å². The molecule has 182 valence electrons. The number of halogens is 1. The lowest BCUT2D eigenvalue weighted by atomic mass is 10.1. The van der Waals surface area contributed by atoms with E-state index in [4.69, 9.17) is 14.5 Å². The predicted octanol–water partition coefficient (Wildman–Crippen LogP) is 2.80. The quantitative estimate of drug-likeness (QED) is 0.276. The number of likely N-dealkylation sites (tertiary alicyclic amines) is 1. The third kappa shape index (κ3) is 8.68. The van der Waals surface area contributed by atoms with Gasteiger partial charge in [0.1, 0.15) is 12.4 Å². The number of hydrogen-bond donors (Lipinski definition) is 2. The molecule has 0 spiro atoms. The molecule has 2 saturated heterocycles. The van der Waals surface area contributed by atoms with Gasteiger partial charge in [0.2, 0.25) is 0 Å². The van der Waals surface area contributed by atoms with Crippen molar-refractivity contribution in [3.8, 4) is 5.75 Å². The lowest BCUT2D eigenvalue weighted by Crippen LogP contribution is -2.46. The molecule has 0 amide bonds. The van der Waals surface area contributed by atoms with Gasteiger partial charge < -0.3 is 20.1 Å². The van der Waals surface area contributed by atoms with Crippen LogP contribution in [0.2, 0.25) is 0 Å². The topological polar surface area (TPSA) is 61.4 Å². The molecule has 32 heavy (non-hydrogen) atoms. The van der Waals surface area contributed by atoms with Gasteiger partial charge >= 0.3 is 0 Å². The summed E-state index contributed by atoms with van der Waals surface area (Å²) in [6, 6.07) is 9.30. The molecule has 3 rings (SSSR count). The van der Waals surface area contributed by atoms with Gasteiger partial charge in [-0.2, -0.15) is 0 Å². The molecule has 2 fully saturated rings. The number of rotatable bonds is 9. The number of guanidine groups is 1. The first-order chi connectivity index (χ1) is 15.0. The van der Waals surface area contributed by atoms with E-state index in [0.717, 1.165) is 69.8 Å². The summed E-state index contributed by atoms with van der Waals surface area (Å²) in [6.07, 6.45) is 0. The fourth-order valence-electron chi connectivity index (χ4n) is 4.13. The fourth-order valence-corrected chi connectivity index (χ4v) is 4.13. The molecule has 2 atom stereocenters. The molecular formula is C24H42IN5O2. The molecular weight excluding hydrogens is 517 g/mol. The first kappa shape index (κ1) is 27.1. The molecule has 8 heteroatoms. The van der Waals surface area contributed by atoms with Gasteiger partial charge in [-0.15, -0.1) is 24.0 Å². The van der Waals surface area contributed by atoms with Gasteiger partial charge in [0, 0.05) is 51.4 Å². The van der Waals surface area contributed by atoms with Crippen LogP contribution < -0.4 is 15.4 Å². The van der Waals surface area contributed by atoms with Crippen molar-refractivity contribution in [1.82, 2.24) is 20.4 Å². The highest BCUT2D eigenvalue weighted by Gasteiger charge is 2.31. The molecule has 2 heterocycles. The van der Waals surface area contributed by atoms with Crippen molar-refractivity contribution in [1.29, 1.82) is 0 Å². The summed E-state index contributed by atoms with van der Waals surface area (Å²) in [5.74, 6) is 2.41. The summed E-state index contributed by atoms with van der Waals surface area (Å²) in [4.78, 5) is 9.76. The third-order valence-electron chi connectivity index (χ3n) is 6.14. The van der Waals surface area contributed by atoms with Crippen molar-refractivity contribution in [2.24, 2.45) is 10.9 Å². The van der Waals surface area contributed by atoms with Gasteiger partial charge in [-0.25, -0.2) is 4.99 Å². The Bertz CT molecular complexity index is 697. The molecule has 2 aliphatic heterocycles. The first-order valence-electron chi connectivity index (χ1n) is 11.9. The summed E-state index contributed by atoms with van der Waals surface area (Å²) in [6.45, 7) is 17.9. The maximum Gasteiger partial charge on any atom is 0.191 e. The lowest BCUT2D eigenvalue weighted by Gasteiger charge is -2.26. The van der Waals surface area contributed by atoms with Gasteiger partial charge in [0.25, 0.3) is 0 Å². The molecule has 0 aromatic heterocycles. The Labute approximate surface area is 211 Å². The maximum atomic E-state index is 5.99. The minimum Gasteiger partial charge on any atom is -0.492 e. The fraction of sp³-hybridized carbons (Fsp3) is 0.708.